The third-order valence-corrected chi connectivity index (χ3v) is 5.01. The van der Waals surface area contributed by atoms with Gasteiger partial charge in [0.25, 0.3) is 0 Å². The predicted octanol–water partition coefficient (Wildman–Crippen LogP) is -2.02. The van der Waals surface area contributed by atoms with Crippen molar-refractivity contribution < 1.29 is 49.6 Å². The van der Waals surface area contributed by atoms with Crippen LogP contribution in [0.15, 0.2) is 36.4 Å². The van der Waals surface area contributed by atoms with Crippen LogP contribution in [0.5, 0.6) is 0 Å². The summed E-state index contributed by atoms with van der Waals surface area (Å²) in [5.41, 5.74) is 0.964. The molecule has 10 nitrogen and oxygen atoms in total. The molecule has 0 radical (unpaired) electrons. The van der Waals surface area contributed by atoms with Gasteiger partial charge in [0.15, 0.2) is 12.6 Å². The molecule has 30 heavy (non-hydrogen) atoms. The minimum Gasteiger partial charge on any atom is -0.388 e. The Labute approximate surface area is 173 Å². The number of ether oxygens (including phenoxy) is 4. The Kier molecular flexibility index (Phi) is 8.31. The van der Waals surface area contributed by atoms with Crippen LogP contribution in [0, 0.1) is 0 Å². The summed E-state index contributed by atoms with van der Waals surface area (Å²) >= 11 is 0. The van der Waals surface area contributed by atoms with Crippen molar-refractivity contribution in [2.24, 2.45) is 0 Å². The Morgan fingerprint density at radius 1 is 0.833 bits per heavy atom. The molecule has 0 amide bonds. The van der Waals surface area contributed by atoms with Crippen LogP contribution >= 0.6 is 0 Å². The fourth-order valence-corrected chi connectivity index (χ4v) is 3.21. The van der Waals surface area contributed by atoms with Gasteiger partial charge >= 0.3 is 0 Å². The molecule has 10 heteroatoms. The average molecular weight is 428 g/mol. The van der Waals surface area contributed by atoms with Gasteiger partial charge in [-0.2, -0.15) is 0 Å². The van der Waals surface area contributed by atoms with Crippen LogP contribution in [0.1, 0.15) is 5.56 Å². The maximum Gasteiger partial charge on any atom is 0.187 e. The lowest BCUT2D eigenvalue weighted by Crippen LogP contribution is -2.60. The average Bonchev–Trinajstić information content (AvgIpc) is 2.76. The van der Waals surface area contributed by atoms with Crippen molar-refractivity contribution >= 4 is 6.08 Å². The lowest BCUT2D eigenvalue weighted by atomic mass is 9.99. The smallest absolute Gasteiger partial charge is 0.187 e. The Balaban J connectivity index is 1.52. The first-order valence-electron chi connectivity index (χ1n) is 9.68. The van der Waals surface area contributed by atoms with Crippen molar-refractivity contribution in [1.82, 2.24) is 0 Å². The molecule has 0 bridgehead atoms. The Morgan fingerprint density at radius 2 is 1.53 bits per heavy atom. The molecule has 0 spiro atoms. The molecule has 0 saturated carbocycles. The van der Waals surface area contributed by atoms with Crippen molar-refractivity contribution in [3.05, 3.63) is 42.0 Å². The highest BCUT2D eigenvalue weighted by molar-refractivity contribution is 5.48. The normalized spacial score (nSPS) is 40.0. The molecule has 0 aliphatic carbocycles. The van der Waals surface area contributed by atoms with Gasteiger partial charge in [-0.25, -0.2) is 0 Å². The maximum atomic E-state index is 10.2. The van der Waals surface area contributed by atoms with E-state index in [0.717, 1.165) is 5.56 Å². The van der Waals surface area contributed by atoms with Crippen LogP contribution in [-0.2, 0) is 18.9 Å². The lowest BCUT2D eigenvalue weighted by molar-refractivity contribution is -0.319. The molecule has 168 valence electrons. The van der Waals surface area contributed by atoms with Gasteiger partial charge < -0.3 is 49.6 Å². The van der Waals surface area contributed by atoms with Crippen molar-refractivity contribution in [2.45, 2.75) is 55.3 Å². The van der Waals surface area contributed by atoms with E-state index in [0.29, 0.717) is 0 Å². The second-order valence-corrected chi connectivity index (χ2v) is 7.24. The van der Waals surface area contributed by atoms with E-state index in [2.05, 4.69) is 0 Å². The zero-order valence-electron chi connectivity index (χ0n) is 16.2. The predicted molar refractivity (Wildman–Crippen MR) is 102 cm³/mol. The van der Waals surface area contributed by atoms with E-state index in [4.69, 9.17) is 18.9 Å². The van der Waals surface area contributed by atoms with Gasteiger partial charge in [-0.05, 0) is 5.56 Å². The van der Waals surface area contributed by atoms with E-state index in [1.165, 1.54) is 0 Å². The molecule has 0 unspecified atom stereocenters. The van der Waals surface area contributed by atoms with Crippen molar-refractivity contribution in [2.75, 3.05) is 19.8 Å². The fourth-order valence-electron chi connectivity index (χ4n) is 3.21. The van der Waals surface area contributed by atoms with Crippen molar-refractivity contribution in [3.63, 3.8) is 0 Å². The third kappa shape index (κ3) is 5.62. The number of hydrogen-bond acceptors (Lipinski definition) is 10. The molecular weight excluding hydrogens is 400 g/mol. The van der Waals surface area contributed by atoms with Gasteiger partial charge in [-0.15, -0.1) is 0 Å². The molecule has 2 fully saturated rings. The molecule has 2 heterocycles. The summed E-state index contributed by atoms with van der Waals surface area (Å²) in [4.78, 5) is 0. The van der Waals surface area contributed by atoms with Crippen LogP contribution in [0.25, 0.3) is 6.08 Å². The van der Waals surface area contributed by atoms with E-state index in [1.54, 1.807) is 6.08 Å². The van der Waals surface area contributed by atoms with Crippen molar-refractivity contribution in [1.29, 1.82) is 0 Å². The molecule has 1 aromatic carbocycles. The topological polar surface area (TPSA) is 158 Å². The number of rotatable bonds is 7. The molecule has 0 aromatic heterocycles. The van der Waals surface area contributed by atoms with Gasteiger partial charge in [0.1, 0.15) is 42.7 Å². The van der Waals surface area contributed by atoms with Crippen LogP contribution in [0.2, 0.25) is 0 Å². The van der Waals surface area contributed by atoms with E-state index >= 15 is 0 Å². The maximum absolute atomic E-state index is 10.2. The van der Waals surface area contributed by atoms with E-state index in [1.807, 2.05) is 36.4 Å². The first kappa shape index (κ1) is 23.2. The zero-order chi connectivity index (χ0) is 21.7. The first-order chi connectivity index (χ1) is 14.4. The van der Waals surface area contributed by atoms with Gasteiger partial charge in [-0.1, -0.05) is 42.5 Å². The fraction of sp³-hybridized carbons (Fsp3) is 0.600. The van der Waals surface area contributed by atoms with Gasteiger partial charge in [0.2, 0.25) is 0 Å². The third-order valence-electron chi connectivity index (χ3n) is 5.01. The highest BCUT2D eigenvalue weighted by Crippen LogP contribution is 2.24. The van der Waals surface area contributed by atoms with E-state index < -0.39 is 55.3 Å². The highest BCUT2D eigenvalue weighted by atomic mass is 16.7. The largest absolute Gasteiger partial charge is 0.388 e. The minimum atomic E-state index is -1.54. The molecule has 3 rings (SSSR count). The van der Waals surface area contributed by atoms with E-state index in [-0.39, 0.29) is 19.8 Å². The van der Waals surface area contributed by atoms with Gasteiger partial charge in [0.05, 0.1) is 19.8 Å². The summed E-state index contributed by atoms with van der Waals surface area (Å²) in [6, 6.07) is 9.50. The highest BCUT2D eigenvalue weighted by Gasteiger charge is 2.45. The molecule has 2 aliphatic heterocycles. The van der Waals surface area contributed by atoms with Crippen molar-refractivity contribution in [3.8, 4) is 0 Å². The molecule has 2 aliphatic rings. The second-order valence-electron chi connectivity index (χ2n) is 7.24. The second kappa shape index (κ2) is 10.7. The number of benzene rings is 1. The van der Waals surface area contributed by atoms with Crippen LogP contribution in [-0.4, -0.2) is 106 Å². The van der Waals surface area contributed by atoms with Gasteiger partial charge in [-0.3, -0.25) is 0 Å². The standard InChI is InChI=1S/C20H28O10/c21-12-9-28-19(17(25)14(12)22)29-10-13-15(23)16(24)18(26)20(30-13)27-8-4-7-11-5-2-1-3-6-11/h1-7,12-26H,8-10H2/b7-4-/t12-,13+,14-,15+,16-,17+,18+,19-,20+/m1/s1. The Hall–Kier alpha value is -1.44. The van der Waals surface area contributed by atoms with Crippen LogP contribution < -0.4 is 0 Å². The monoisotopic (exact) mass is 428 g/mol. The Morgan fingerprint density at radius 3 is 2.27 bits per heavy atom. The van der Waals surface area contributed by atoms with E-state index in [9.17, 15) is 30.6 Å². The summed E-state index contributed by atoms with van der Waals surface area (Å²) in [7, 11) is 0. The first-order valence-corrected chi connectivity index (χ1v) is 9.68. The molecule has 6 N–H and O–H groups in total. The van der Waals surface area contributed by atoms with Crippen LogP contribution in [0.4, 0.5) is 0 Å². The molecule has 9 atom stereocenters. The lowest BCUT2D eigenvalue weighted by Gasteiger charge is -2.41. The summed E-state index contributed by atoms with van der Waals surface area (Å²) in [6.45, 7) is -0.478. The Bertz CT molecular complexity index is 671. The molecule has 2 saturated heterocycles. The zero-order valence-corrected chi connectivity index (χ0v) is 16.2. The molecular formula is C20H28O10. The number of hydrogen-bond donors (Lipinski definition) is 6. The summed E-state index contributed by atoms with van der Waals surface area (Å²) < 4.78 is 21.5. The summed E-state index contributed by atoms with van der Waals surface area (Å²) in [6.07, 6.45) is -8.71. The summed E-state index contributed by atoms with van der Waals surface area (Å²) in [5.74, 6) is 0. The SMILES string of the molecule is O[C@H]1[C@H](O)[C@@H](OC/C=C\c2ccccc2)O[C@@H](CO[C@H]2OC[C@@H](O)[C@@H](O)[C@@H]2O)[C@@H]1O. The van der Waals surface area contributed by atoms with Gasteiger partial charge in [0, 0.05) is 0 Å². The van der Waals surface area contributed by atoms with Crippen LogP contribution in [0.3, 0.4) is 0 Å². The summed E-state index contributed by atoms with van der Waals surface area (Å²) in [5, 5.41) is 59.4. The quantitative estimate of drug-likeness (QED) is 0.286. The number of aliphatic hydroxyl groups excluding tert-OH is 6. The number of aliphatic hydroxyl groups is 6. The molecule has 1 aromatic rings. The minimum absolute atomic E-state index is 0.0849.